The fraction of sp³-hybridized carbons (Fsp3) is 0.250. The number of rotatable bonds is 9. The van der Waals surface area contributed by atoms with Crippen molar-refractivity contribution < 1.29 is 19.1 Å². The second kappa shape index (κ2) is 10.3. The lowest BCUT2D eigenvalue weighted by Crippen LogP contribution is -2.07. The van der Waals surface area contributed by atoms with Crippen molar-refractivity contribution in [3.8, 4) is 11.5 Å². The second-order valence-corrected chi connectivity index (χ2v) is 6.84. The average molecular weight is 378 g/mol. The van der Waals surface area contributed by atoms with Gasteiger partial charge in [0.1, 0.15) is 11.5 Å². The van der Waals surface area contributed by atoms with Crippen LogP contribution in [-0.2, 0) is 9.59 Å². The summed E-state index contributed by atoms with van der Waals surface area (Å²) in [7, 11) is 0. The number of carbonyl (C=O) groups is 2. The Morgan fingerprint density at radius 3 is 1.36 bits per heavy atom. The number of carbonyl (C=O) groups excluding carboxylic acids is 2. The molecule has 0 radical (unpaired) electrons. The largest absolute Gasteiger partial charge is 0.490 e. The Morgan fingerprint density at radius 2 is 1.04 bits per heavy atom. The van der Waals surface area contributed by atoms with E-state index in [1.54, 1.807) is 12.2 Å². The fourth-order valence-corrected chi connectivity index (χ4v) is 2.63. The Balaban J connectivity index is 2.48. The van der Waals surface area contributed by atoms with Crippen LogP contribution in [0.2, 0.25) is 0 Å². The molecule has 28 heavy (non-hydrogen) atoms. The zero-order chi connectivity index (χ0) is 20.5. The highest BCUT2D eigenvalue weighted by Crippen LogP contribution is 2.26. The lowest BCUT2D eigenvalue weighted by molar-refractivity contribution is -0.107. The molecule has 4 nitrogen and oxygen atoms in total. The van der Waals surface area contributed by atoms with Crippen molar-refractivity contribution in [2.45, 2.75) is 39.9 Å². The number of hydrogen-bond acceptors (Lipinski definition) is 4. The Bertz CT molecular complexity index is 802. The van der Waals surface area contributed by atoms with E-state index in [2.05, 4.69) is 0 Å². The number of benzene rings is 2. The maximum absolute atomic E-state index is 11.8. The first-order valence-corrected chi connectivity index (χ1v) is 9.30. The minimum absolute atomic E-state index is 0.00428. The van der Waals surface area contributed by atoms with Crippen LogP contribution in [0.3, 0.4) is 0 Å². The highest BCUT2D eigenvalue weighted by molar-refractivity contribution is 6.03. The number of para-hydroxylation sites is 2. The summed E-state index contributed by atoms with van der Waals surface area (Å²) in [5.41, 5.74) is 2.01. The molecule has 0 fully saturated rings. The normalized spacial score (nSPS) is 12.2. The number of hydrogen-bond donors (Lipinski definition) is 0. The molecule has 0 spiro atoms. The maximum atomic E-state index is 11.8. The molecule has 0 aliphatic carbocycles. The average Bonchev–Trinajstić information content (AvgIpc) is 2.66. The van der Waals surface area contributed by atoms with Gasteiger partial charge < -0.3 is 9.47 Å². The summed E-state index contributed by atoms with van der Waals surface area (Å²) in [6, 6.07) is 14.8. The third-order valence-electron chi connectivity index (χ3n) is 3.77. The van der Waals surface area contributed by atoms with Crippen LogP contribution in [-0.4, -0.2) is 24.8 Å². The minimum Gasteiger partial charge on any atom is -0.490 e. The maximum Gasteiger partial charge on any atom is 0.150 e. The molecule has 146 valence electrons. The van der Waals surface area contributed by atoms with Crippen molar-refractivity contribution in [3.63, 3.8) is 0 Å². The molecule has 0 N–H and O–H groups in total. The van der Waals surface area contributed by atoms with Crippen LogP contribution in [0.5, 0.6) is 11.5 Å². The fourth-order valence-electron chi connectivity index (χ4n) is 2.63. The smallest absolute Gasteiger partial charge is 0.150 e. The number of ether oxygens (including phenoxy) is 2. The van der Waals surface area contributed by atoms with Crippen LogP contribution in [0.15, 0.2) is 59.7 Å². The zero-order valence-electron chi connectivity index (χ0n) is 16.7. The van der Waals surface area contributed by atoms with Crippen molar-refractivity contribution in [1.29, 1.82) is 0 Å². The van der Waals surface area contributed by atoms with Gasteiger partial charge in [0.15, 0.2) is 12.6 Å². The molecule has 4 heteroatoms. The third-order valence-corrected chi connectivity index (χ3v) is 3.77. The quantitative estimate of drug-likeness (QED) is 0.345. The molecule has 0 aliphatic rings. The van der Waals surface area contributed by atoms with Crippen molar-refractivity contribution in [2.24, 2.45) is 0 Å². The van der Waals surface area contributed by atoms with Crippen molar-refractivity contribution in [3.05, 3.63) is 70.8 Å². The third kappa shape index (κ3) is 5.95. The van der Waals surface area contributed by atoms with Crippen LogP contribution in [0.1, 0.15) is 38.8 Å². The molecular formula is C24H26O4. The molecule has 2 rings (SSSR count). The van der Waals surface area contributed by atoms with E-state index in [0.717, 1.165) is 11.1 Å². The molecule has 0 aliphatic heterocycles. The second-order valence-electron chi connectivity index (χ2n) is 6.84. The van der Waals surface area contributed by atoms with E-state index in [9.17, 15) is 9.59 Å². The van der Waals surface area contributed by atoms with Gasteiger partial charge in [-0.05, 0) is 52.0 Å². The summed E-state index contributed by atoms with van der Waals surface area (Å²) < 4.78 is 11.6. The van der Waals surface area contributed by atoms with Gasteiger partial charge in [0.05, 0.1) is 12.2 Å². The van der Waals surface area contributed by atoms with Gasteiger partial charge in [-0.2, -0.15) is 0 Å². The van der Waals surface area contributed by atoms with Gasteiger partial charge in [-0.3, -0.25) is 9.59 Å². The van der Waals surface area contributed by atoms with E-state index < -0.39 is 0 Å². The van der Waals surface area contributed by atoms with Crippen molar-refractivity contribution >= 4 is 24.7 Å². The van der Waals surface area contributed by atoms with Gasteiger partial charge in [-0.25, -0.2) is 0 Å². The first-order valence-electron chi connectivity index (χ1n) is 9.30. The Hall–Kier alpha value is -3.14. The van der Waals surface area contributed by atoms with Gasteiger partial charge in [0.2, 0.25) is 0 Å². The summed E-state index contributed by atoms with van der Waals surface area (Å²) >= 11 is 0. The van der Waals surface area contributed by atoms with E-state index in [1.807, 2.05) is 76.2 Å². The molecule has 0 saturated carbocycles. The Kier molecular flexibility index (Phi) is 7.76. The summed E-state index contributed by atoms with van der Waals surface area (Å²) in [5, 5.41) is 0. The summed E-state index contributed by atoms with van der Waals surface area (Å²) in [6.45, 7) is 7.74. The van der Waals surface area contributed by atoms with E-state index >= 15 is 0 Å². The van der Waals surface area contributed by atoms with Crippen LogP contribution < -0.4 is 9.47 Å². The van der Waals surface area contributed by atoms with E-state index in [0.29, 0.717) is 24.1 Å². The van der Waals surface area contributed by atoms with Crippen molar-refractivity contribution in [2.75, 3.05) is 0 Å². The zero-order valence-corrected chi connectivity index (χ0v) is 16.7. The molecule has 2 aromatic carbocycles. The van der Waals surface area contributed by atoms with Crippen LogP contribution >= 0.6 is 0 Å². The predicted octanol–water partition coefficient (Wildman–Crippen LogP) is 5.13. The monoisotopic (exact) mass is 378 g/mol. The van der Waals surface area contributed by atoms with E-state index in [-0.39, 0.29) is 23.4 Å². The molecule has 0 unspecified atom stereocenters. The van der Waals surface area contributed by atoms with Gasteiger partial charge in [-0.15, -0.1) is 0 Å². The number of allylic oxidation sites excluding steroid dienone is 2. The topological polar surface area (TPSA) is 52.6 Å². The molecule has 0 heterocycles. The SMILES string of the molecule is CC(C)Oc1ccccc1/C=C(C=O)/C(C=O)=C/c1ccccc1OC(C)C. The van der Waals surface area contributed by atoms with Gasteiger partial charge >= 0.3 is 0 Å². The van der Waals surface area contributed by atoms with Gasteiger partial charge in [0, 0.05) is 22.3 Å². The lowest BCUT2D eigenvalue weighted by atomic mass is 10.0. The molecular weight excluding hydrogens is 352 g/mol. The summed E-state index contributed by atoms with van der Waals surface area (Å²) in [6.07, 6.45) is 4.68. The lowest BCUT2D eigenvalue weighted by Gasteiger charge is -2.13. The van der Waals surface area contributed by atoms with Crippen LogP contribution in [0, 0.1) is 0 Å². The minimum atomic E-state index is -0.00428. The summed E-state index contributed by atoms with van der Waals surface area (Å²) in [4.78, 5) is 23.5. The highest BCUT2D eigenvalue weighted by atomic mass is 16.5. The standard InChI is InChI=1S/C24H26O4/c1-17(2)27-23-11-7-5-9-19(23)13-21(15-25)22(16-26)14-20-10-6-8-12-24(20)28-18(3)4/h5-18H,1-4H3/b21-13+,22-14+. The molecule has 0 saturated heterocycles. The number of aldehydes is 2. The van der Waals surface area contributed by atoms with Gasteiger partial charge in [-0.1, -0.05) is 36.4 Å². The highest BCUT2D eigenvalue weighted by Gasteiger charge is 2.10. The molecule has 0 amide bonds. The Labute approximate surface area is 166 Å². The molecule has 0 aromatic heterocycles. The first-order chi connectivity index (χ1) is 13.4. The molecule has 2 aromatic rings. The molecule has 0 bridgehead atoms. The first kappa shape index (κ1) is 21.2. The van der Waals surface area contributed by atoms with Crippen molar-refractivity contribution in [1.82, 2.24) is 0 Å². The van der Waals surface area contributed by atoms with Crippen LogP contribution in [0.25, 0.3) is 12.2 Å². The Morgan fingerprint density at radius 1 is 0.679 bits per heavy atom. The van der Waals surface area contributed by atoms with Crippen LogP contribution in [0.4, 0.5) is 0 Å². The molecule has 0 atom stereocenters. The van der Waals surface area contributed by atoms with E-state index in [4.69, 9.17) is 9.47 Å². The predicted molar refractivity (Wildman–Crippen MR) is 112 cm³/mol. The summed E-state index contributed by atoms with van der Waals surface area (Å²) in [5.74, 6) is 1.32. The van der Waals surface area contributed by atoms with E-state index in [1.165, 1.54) is 0 Å². The van der Waals surface area contributed by atoms with Gasteiger partial charge in [0.25, 0.3) is 0 Å².